The van der Waals surface area contributed by atoms with E-state index in [-0.39, 0.29) is 11.0 Å². The highest BCUT2D eigenvalue weighted by molar-refractivity contribution is 8.01. The van der Waals surface area contributed by atoms with E-state index in [0.717, 1.165) is 10.5 Å². The SMILES string of the molecule is Nc1ccc(SC2CS(=O)(=O)c3ccccc32)c(Cl)c1. The summed E-state index contributed by atoms with van der Waals surface area (Å²) in [5.74, 6) is 0.109. The zero-order valence-corrected chi connectivity index (χ0v) is 12.8. The molecule has 2 N–H and O–H groups in total. The summed E-state index contributed by atoms with van der Waals surface area (Å²) < 4.78 is 24.3. The van der Waals surface area contributed by atoms with Gasteiger partial charge in [-0.3, -0.25) is 0 Å². The van der Waals surface area contributed by atoms with E-state index in [1.54, 1.807) is 24.3 Å². The second kappa shape index (κ2) is 4.98. The molecular formula is C14H12ClNO2S2. The smallest absolute Gasteiger partial charge is 0.180 e. The van der Waals surface area contributed by atoms with Crippen LogP contribution in [0.2, 0.25) is 5.02 Å². The van der Waals surface area contributed by atoms with Crippen molar-refractivity contribution in [2.45, 2.75) is 15.0 Å². The summed E-state index contributed by atoms with van der Waals surface area (Å²) >= 11 is 7.62. The summed E-state index contributed by atoms with van der Waals surface area (Å²) in [5, 5.41) is 0.425. The molecule has 6 heteroatoms. The van der Waals surface area contributed by atoms with Crippen LogP contribution in [-0.4, -0.2) is 14.2 Å². The van der Waals surface area contributed by atoms with Gasteiger partial charge in [0, 0.05) is 10.6 Å². The van der Waals surface area contributed by atoms with Crippen LogP contribution in [0, 0.1) is 0 Å². The third kappa shape index (κ3) is 2.41. The number of hydrogen-bond donors (Lipinski definition) is 1. The van der Waals surface area contributed by atoms with Crippen LogP contribution < -0.4 is 5.73 Å². The summed E-state index contributed by atoms with van der Waals surface area (Å²) in [6, 6.07) is 12.4. The molecular weight excluding hydrogens is 314 g/mol. The van der Waals surface area contributed by atoms with Crippen molar-refractivity contribution in [2.24, 2.45) is 0 Å². The lowest BCUT2D eigenvalue weighted by atomic mass is 10.2. The first-order valence-corrected chi connectivity index (χ1v) is 8.92. The second-order valence-corrected chi connectivity index (χ2v) is 8.27. The molecule has 0 saturated carbocycles. The zero-order chi connectivity index (χ0) is 14.3. The van der Waals surface area contributed by atoms with Crippen molar-refractivity contribution in [3.8, 4) is 0 Å². The molecule has 0 spiro atoms. The second-order valence-electron chi connectivity index (χ2n) is 4.62. The lowest BCUT2D eigenvalue weighted by Gasteiger charge is -2.11. The summed E-state index contributed by atoms with van der Waals surface area (Å²) in [7, 11) is -3.18. The molecule has 0 amide bonds. The molecule has 2 aromatic rings. The van der Waals surface area contributed by atoms with Gasteiger partial charge in [0.25, 0.3) is 0 Å². The minimum Gasteiger partial charge on any atom is -0.399 e. The zero-order valence-electron chi connectivity index (χ0n) is 10.4. The molecule has 1 aliphatic rings. The molecule has 20 heavy (non-hydrogen) atoms. The number of halogens is 1. The fraction of sp³-hybridized carbons (Fsp3) is 0.143. The maximum Gasteiger partial charge on any atom is 0.180 e. The Bertz CT molecular complexity index is 774. The van der Waals surface area contributed by atoms with Gasteiger partial charge in [-0.15, -0.1) is 11.8 Å². The molecule has 0 fully saturated rings. The topological polar surface area (TPSA) is 60.2 Å². The summed E-state index contributed by atoms with van der Waals surface area (Å²) in [6.45, 7) is 0. The number of nitrogens with two attached hydrogens (primary N) is 1. The Labute approximate surface area is 127 Å². The molecule has 0 bridgehead atoms. The van der Waals surface area contributed by atoms with Crippen LogP contribution in [-0.2, 0) is 9.84 Å². The van der Waals surface area contributed by atoms with Crippen molar-refractivity contribution in [3.63, 3.8) is 0 Å². The van der Waals surface area contributed by atoms with Gasteiger partial charge in [0.05, 0.1) is 20.9 Å². The van der Waals surface area contributed by atoms with E-state index < -0.39 is 9.84 Å². The van der Waals surface area contributed by atoms with E-state index in [0.29, 0.717) is 15.6 Å². The van der Waals surface area contributed by atoms with Crippen LogP contribution >= 0.6 is 23.4 Å². The molecule has 0 radical (unpaired) electrons. The predicted molar refractivity (Wildman–Crippen MR) is 83.0 cm³/mol. The van der Waals surface area contributed by atoms with Crippen LogP contribution in [0.1, 0.15) is 10.8 Å². The summed E-state index contributed by atoms with van der Waals surface area (Å²) in [4.78, 5) is 1.28. The van der Waals surface area contributed by atoms with Gasteiger partial charge in [0.15, 0.2) is 9.84 Å². The molecule has 1 atom stereocenters. The third-order valence-corrected chi connectivity index (χ3v) is 6.96. The standard InChI is InChI=1S/C14H12ClNO2S2/c15-11-7-9(16)5-6-12(11)19-13-8-20(17,18)14-4-2-1-3-10(13)14/h1-7,13H,8,16H2. The van der Waals surface area contributed by atoms with Crippen molar-refractivity contribution in [3.05, 3.63) is 53.1 Å². The first-order chi connectivity index (χ1) is 9.47. The van der Waals surface area contributed by atoms with E-state index in [2.05, 4.69) is 0 Å². The Morgan fingerprint density at radius 2 is 1.95 bits per heavy atom. The number of rotatable bonds is 2. The van der Waals surface area contributed by atoms with E-state index in [1.807, 2.05) is 18.2 Å². The van der Waals surface area contributed by atoms with Crippen molar-refractivity contribution in [1.29, 1.82) is 0 Å². The quantitative estimate of drug-likeness (QED) is 0.858. The molecule has 0 aliphatic carbocycles. The van der Waals surface area contributed by atoms with Crippen LogP contribution in [0.4, 0.5) is 5.69 Å². The van der Waals surface area contributed by atoms with Gasteiger partial charge in [-0.2, -0.15) is 0 Å². The minimum absolute atomic E-state index is 0.109. The van der Waals surface area contributed by atoms with Gasteiger partial charge in [0.1, 0.15) is 0 Å². The Balaban J connectivity index is 1.97. The number of anilines is 1. The van der Waals surface area contributed by atoms with Crippen molar-refractivity contribution in [1.82, 2.24) is 0 Å². The monoisotopic (exact) mass is 325 g/mol. The van der Waals surface area contributed by atoms with Crippen LogP contribution in [0.25, 0.3) is 0 Å². The largest absolute Gasteiger partial charge is 0.399 e. The van der Waals surface area contributed by atoms with Gasteiger partial charge in [-0.25, -0.2) is 8.42 Å². The molecule has 3 rings (SSSR count). The van der Waals surface area contributed by atoms with E-state index in [4.69, 9.17) is 17.3 Å². The van der Waals surface area contributed by atoms with Gasteiger partial charge in [-0.05, 0) is 29.8 Å². The molecule has 2 aromatic carbocycles. The number of nitrogen functional groups attached to an aromatic ring is 1. The maximum absolute atomic E-state index is 12.1. The molecule has 0 saturated heterocycles. The number of benzene rings is 2. The first-order valence-electron chi connectivity index (χ1n) is 6.01. The lowest BCUT2D eigenvalue weighted by Crippen LogP contribution is -2.01. The summed E-state index contributed by atoms with van der Waals surface area (Å²) in [5.41, 5.74) is 7.11. The average Bonchev–Trinajstić information content (AvgIpc) is 2.65. The van der Waals surface area contributed by atoms with Crippen LogP contribution in [0.15, 0.2) is 52.3 Å². The Kier molecular flexibility index (Phi) is 3.44. The predicted octanol–water partition coefficient (Wildman–Crippen LogP) is 3.54. The van der Waals surface area contributed by atoms with Crippen molar-refractivity contribution >= 4 is 38.9 Å². The Morgan fingerprint density at radius 3 is 2.70 bits per heavy atom. The highest BCUT2D eigenvalue weighted by atomic mass is 35.5. The number of hydrogen-bond acceptors (Lipinski definition) is 4. The third-order valence-electron chi connectivity index (χ3n) is 3.20. The number of fused-ring (bicyclic) bond motifs is 1. The van der Waals surface area contributed by atoms with Gasteiger partial charge >= 0.3 is 0 Å². The van der Waals surface area contributed by atoms with Crippen LogP contribution in [0.5, 0.6) is 0 Å². The highest BCUT2D eigenvalue weighted by Crippen LogP contribution is 2.46. The summed E-state index contributed by atoms with van der Waals surface area (Å²) in [6.07, 6.45) is 0. The fourth-order valence-electron chi connectivity index (χ4n) is 2.27. The molecule has 104 valence electrons. The van der Waals surface area contributed by atoms with Crippen LogP contribution in [0.3, 0.4) is 0 Å². The lowest BCUT2D eigenvalue weighted by molar-refractivity contribution is 0.600. The Hall–Kier alpha value is -1.17. The molecule has 1 unspecified atom stereocenters. The molecule has 0 aromatic heterocycles. The molecule has 1 heterocycles. The van der Waals surface area contributed by atoms with E-state index in [9.17, 15) is 8.42 Å². The van der Waals surface area contributed by atoms with Crippen molar-refractivity contribution in [2.75, 3.05) is 11.5 Å². The van der Waals surface area contributed by atoms with E-state index in [1.165, 1.54) is 11.8 Å². The average molecular weight is 326 g/mol. The number of thioether (sulfide) groups is 1. The fourth-order valence-corrected chi connectivity index (χ4v) is 6.05. The normalized spacial score (nSPS) is 19.8. The van der Waals surface area contributed by atoms with Crippen molar-refractivity contribution < 1.29 is 8.42 Å². The first kappa shape index (κ1) is 13.8. The minimum atomic E-state index is -3.18. The molecule has 1 aliphatic heterocycles. The van der Waals surface area contributed by atoms with E-state index >= 15 is 0 Å². The number of sulfone groups is 1. The maximum atomic E-state index is 12.1. The van der Waals surface area contributed by atoms with Gasteiger partial charge in [-0.1, -0.05) is 29.8 Å². The highest BCUT2D eigenvalue weighted by Gasteiger charge is 2.35. The van der Waals surface area contributed by atoms with Gasteiger partial charge < -0.3 is 5.73 Å². The Morgan fingerprint density at radius 1 is 1.20 bits per heavy atom. The van der Waals surface area contributed by atoms with Gasteiger partial charge in [0.2, 0.25) is 0 Å². The molecule has 3 nitrogen and oxygen atoms in total.